The highest BCUT2D eigenvalue weighted by atomic mass is 16.3. The van der Waals surface area contributed by atoms with Gasteiger partial charge in [0.1, 0.15) is 18.1 Å². The number of benzene rings is 1. The number of hydrogen-bond acceptors (Lipinski definition) is 5. The van der Waals surface area contributed by atoms with E-state index in [1.165, 1.54) is 6.33 Å². The Morgan fingerprint density at radius 1 is 1.04 bits per heavy atom. The molecule has 0 radical (unpaired) electrons. The third kappa shape index (κ3) is 2.84. The van der Waals surface area contributed by atoms with Crippen LogP contribution in [0, 0.1) is 19.8 Å². The standard InChI is InChI=1S/C21H25N3O3/c1-12-4-6-14(7-5-12)21(3,27)16-10-17(19(26)18(16)25)24-9-8-15-13(2)22-11-23-20(15)24/h4-9,11,16-19,25-27H,10H2,1-3H3/t16?,17?,18-,19+,21?/m1/s1. The molecular weight excluding hydrogens is 342 g/mol. The Morgan fingerprint density at radius 2 is 1.74 bits per heavy atom. The molecule has 6 nitrogen and oxygen atoms in total. The van der Waals surface area contributed by atoms with Gasteiger partial charge in [-0.1, -0.05) is 29.8 Å². The second kappa shape index (κ2) is 6.41. The summed E-state index contributed by atoms with van der Waals surface area (Å²) in [6.45, 7) is 5.61. The molecule has 3 N–H and O–H groups in total. The summed E-state index contributed by atoms with van der Waals surface area (Å²) >= 11 is 0. The van der Waals surface area contributed by atoms with E-state index < -0.39 is 23.7 Å². The molecule has 5 atom stereocenters. The molecular formula is C21H25N3O3. The molecule has 6 heteroatoms. The maximum absolute atomic E-state index is 11.2. The quantitative estimate of drug-likeness (QED) is 0.660. The summed E-state index contributed by atoms with van der Waals surface area (Å²) in [6.07, 6.45) is 1.79. The Balaban J connectivity index is 1.70. The van der Waals surface area contributed by atoms with Crippen molar-refractivity contribution in [3.8, 4) is 0 Å². The minimum absolute atomic E-state index is 0.367. The van der Waals surface area contributed by atoms with Crippen molar-refractivity contribution in [1.29, 1.82) is 0 Å². The minimum atomic E-state index is -1.25. The van der Waals surface area contributed by atoms with E-state index in [1.807, 2.05) is 54.9 Å². The smallest absolute Gasteiger partial charge is 0.143 e. The van der Waals surface area contributed by atoms with Crippen molar-refractivity contribution >= 4 is 11.0 Å². The van der Waals surface area contributed by atoms with Crippen LogP contribution < -0.4 is 0 Å². The van der Waals surface area contributed by atoms with Gasteiger partial charge in [0, 0.05) is 17.5 Å². The third-order valence-corrected chi connectivity index (χ3v) is 6.08. The van der Waals surface area contributed by atoms with Gasteiger partial charge in [-0.2, -0.15) is 0 Å². The van der Waals surface area contributed by atoms with Gasteiger partial charge in [-0.15, -0.1) is 0 Å². The van der Waals surface area contributed by atoms with Crippen LogP contribution in [0.1, 0.15) is 36.2 Å². The maximum atomic E-state index is 11.2. The Hall–Kier alpha value is -2.28. The van der Waals surface area contributed by atoms with E-state index in [4.69, 9.17) is 0 Å². The van der Waals surface area contributed by atoms with Gasteiger partial charge in [0.15, 0.2) is 0 Å². The number of aliphatic hydroxyl groups is 3. The average molecular weight is 367 g/mol. The number of hydrogen-bond donors (Lipinski definition) is 3. The van der Waals surface area contributed by atoms with Crippen molar-refractivity contribution < 1.29 is 15.3 Å². The molecule has 4 rings (SSSR count). The number of aryl methyl sites for hydroxylation is 2. The third-order valence-electron chi connectivity index (χ3n) is 6.08. The molecule has 2 aromatic heterocycles. The molecule has 1 aliphatic carbocycles. The maximum Gasteiger partial charge on any atom is 0.143 e. The highest BCUT2D eigenvalue weighted by Gasteiger charge is 2.50. The molecule has 2 heterocycles. The van der Waals surface area contributed by atoms with Gasteiger partial charge in [0.25, 0.3) is 0 Å². The summed E-state index contributed by atoms with van der Waals surface area (Å²) in [5, 5.41) is 33.7. The molecule has 1 aromatic carbocycles. The first kappa shape index (κ1) is 18.1. The Labute approximate surface area is 158 Å². The molecule has 0 amide bonds. The van der Waals surface area contributed by atoms with Gasteiger partial charge in [0.05, 0.1) is 23.4 Å². The number of aromatic nitrogens is 3. The van der Waals surface area contributed by atoms with E-state index in [0.717, 1.165) is 27.9 Å². The van der Waals surface area contributed by atoms with E-state index in [1.54, 1.807) is 6.92 Å². The second-order valence-electron chi connectivity index (χ2n) is 7.82. The fourth-order valence-electron chi connectivity index (χ4n) is 4.31. The molecule has 3 aromatic rings. The van der Waals surface area contributed by atoms with Gasteiger partial charge in [-0.3, -0.25) is 0 Å². The highest BCUT2D eigenvalue weighted by Crippen LogP contribution is 2.46. The summed E-state index contributed by atoms with van der Waals surface area (Å²) in [6, 6.07) is 9.20. The summed E-state index contributed by atoms with van der Waals surface area (Å²) in [7, 11) is 0. The zero-order valence-electron chi connectivity index (χ0n) is 15.7. The fourth-order valence-corrected chi connectivity index (χ4v) is 4.31. The SMILES string of the molecule is Cc1ccc(C(C)(O)C2CC(n3ccc4c(C)ncnc43)[C@H](O)[C@@H]2O)cc1. The van der Waals surface area contributed by atoms with E-state index in [9.17, 15) is 15.3 Å². The monoisotopic (exact) mass is 367 g/mol. The second-order valence-corrected chi connectivity index (χ2v) is 7.82. The average Bonchev–Trinajstić information content (AvgIpc) is 3.19. The molecule has 0 aliphatic heterocycles. The lowest BCUT2D eigenvalue weighted by molar-refractivity contribution is -0.0752. The number of aliphatic hydroxyl groups excluding tert-OH is 2. The van der Waals surface area contributed by atoms with Crippen molar-refractivity contribution in [3.63, 3.8) is 0 Å². The minimum Gasteiger partial charge on any atom is -0.390 e. The van der Waals surface area contributed by atoms with Gasteiger partial charge >= 0.3 is 0 Å². The van der Waals surface area contributed by atoms with Crippen molar-refractivity contribution in [3.05, 3.63) is 59.7 Å². The van der Waals surface area contributed by atoms with Gasteiger partial charge < -0.3 is 19.9 Å². The molecule has 0 spiro atoms. The van der Waals surface area contributed by atoms with Crippen molar-refractivity contribution in [2.45, 2.75) is 51.0 Å². The van der Waals surface area contributed by atoms with Crippen molar-refractivity contribution in [2.75, 3.05) is 0 Å². The van der Waals surface area contributed by atoms with E-state index in [2.05, 4.69) is 9.97 Å². The molecule has 1 aliphatic rings. The van der Waals surface area contributed by atoms with Crippen LogP contribution in [0.3, 0.4) is 0 Å². The van der Waals surface area contributed by atoms with Crippen LogP contribution in [0.2, 0.25) is 0 Å². The summed E-state index contributed by atoms with van der Waals surface area (Å²) in [4.78, 5) is 8.56. The van der Waals surface area contributed by atoms with Crippen LogP contribution in [0.4, 0.5) is 0 Å². The van der Waals surface area contributed by atoms with Crippen molar-refractivity contribution in [2.24, 2.45) is 5.92 Å². The molecule has 1 fully saturated rings. The van der Waals surface area contributed by atoms with Gasteiger partial charge in [-0.25, -0.2) is 9.97 Å². The van der Waals surface area contributed by atoms with Crippen LogP contribution in [-0.2, 0) is 5.60 Å². The summed E-state index contributed by atoms with van der Waals surface area (Å²) < 4.78 is 1.89. The highest BCUT2D eigenvalue weighted by molar-refractivity contribution is 5.78. The number of nitrogens with zero attached hydrogens (tertiary/aromatic N) is 3. The molecule has 0 saturated heterocycles. The summed E-state index contributed by atoms with van der Waals surface area (Å²) in [5.41, 5.74) is 2.19. The first-order valence-corrected chi connectivity index (χ1v) is 9.24. The summed E-state index contributed by atoms with van der Waals surface area (Å²) in [5.74, 6) is -0.499. The molecule has 3 unspecified atom stereocenters. The first-order chi connectivity index (χ1) is 12.8. The molecule has 0 bridgehead atoms. The van der Waals surface area contributed by atoms with Crippen LogP contribution in [0.5, 0.6) is 0 Å². The lowest BCUT2D eigenvalue weighted by Crippen LogP contribution is -2.39. The lowest BCUT2D eigenvalue weighted by Gasteiger charge is -2.33. The lowest BCUT2D eigenvalue weighted by atomic mass is 9.80. The Kier molecular flexibility index (Phi) is 4.29. The van der Waals surface area contributed by atoms with Crippen molar-refractivity contribution in [1.82, 2.24) is 14.5 Å². The Bertz CT molecular complexity index is 964. The predicted molar refractivity (Wildman–Crippen MR) is 102 cm³/mol. The van der Waals surface area contributed by atoms with Gasteiger partial charge in [-0.05, 0) is 38.8 Å². The number of rotatable bonds is 3. The largest absolute Gasteiger partial charge is 0.390 e. The normalized spacial score (nSPS) is 27.8. The van der Waals surface area contributed by atoms with E-state index >= 15 is 0 Å². The van der Waals surface area contributed by atoms with E-state index in [0.29, 0.717) is 6.42 Å². The topological polar surface area (TPSA) is 91.4 Å². The molecule has 1 saturated carbocycles. The zero-order chi connectivity index (χ0) is 19.3. The zero-order valence-corrected chi connectivity index (χ0v) is 15.7. The Morgan fingerprint density at radius 3 is 2.44 bits per heavy atom. The fraction of sp³-hybridized carbons (Fsp3) is 0.429. The molecule has 142 valence electrons. The van der Waals surface area contributed by atoms with Crippen LogP contribution in [0.15, 0.2) is 42.9 Å². The predicted octanol–water partition coefficient (Wildman–Crippen LogP) is 2.24. The van der Waals surface area contributed by atoms with Crippen LogP contribution >= 0.6 is 0 Å². The van der Waals surface area contributed by atoms with Crippen LogP contribution in [-0.4, -0.2) is 42.1 Å². The number of fused-ring (bicyclic) bond motifs is 1. The first-order valence-electron chi connectivity index (χ1n) is 9.24. The van der Waals surface area contributed by atoms with Gasteiger partial charge in [0.2, 0.25) is 0 Å². The van der Waals surface area contributed by atoms with E-state index in [-0.39, 0.29) is 6.04 Å². The van der Waals surface area contributed by atoms with Crippen LogP contribution in [0.25, 0.3) is 11.0 Å². The molecule has 27 heavy (non-hydrogen) atoms.